The quantitative estimate of drug-likeness (QED) is 0.433. The molecule has 0 unspecified atom stereocenters. The summed E-state index contributed by atoms with van der Waals surface area (Å²) in [4.78, 5) is 9.80. The van der Waals surface area contributed by atoms with Gasteiger partial charge in [0.25, 0.3) is 0 Å². The molecule has 0 atom stereocenters. The topological polar surface area (TPSA) is 63.8 Å². The molecule has 1 aromatic carbocycles. The molecule has 3 N–H and O–H groups in total. The van der Waals surface area contributed by atoms with Gasteiger partial charge in [-0.3, -0.25) is 0 Å². The van der Waals surface area contributed by atoms with Crippen LogP contribution in [0.1, 0.15) is 4.88 Å². The second kappa shape index (κ2) is 4.97. The van der Waals surface area contributed by atoms with Gasteiger partial charge < -0.3 is 5.43 Å². The van der Waals surface area contributed by atoms with E-state index >= 15 is 0 Å². The third-order valence-electron chi connectivity index (χ3n) is 2.93. The number of aromatic nitrogens is 2. The van der Waals surface area contributed by atoms with Gasteiger partial charge in [0.15, 0.2) is 29.1 Å². The Labute approximate surface area is 121 Å². The maximum absolute atomic E-state index is 13.8. The number of rotatable bonds is 2. The van der Waals surface area contributed by atoms with E-state index in [0.717, 1.165) is 17.0 Å². The van der Waals surface area contributed by atoms with Crippen molar-refractivity contribution in [2.24, 2.45) is 5.84 Å². The van der Waals surface area contributed by atoms with E-state index in [1.807, 2.05) is 13.0 Å². The molecule has 0 saturated carbocycles. The first-order valence-electron chi connectivity index (χ1n) is 5.90. The number of benzene rings is 1. The van der Waals surface area contributed by atoms with E-state index in [1.165, 1.54) is 11.3 Å². The summed E-state index contributed by atoms with van der Waals surface area (Å²) in [7, 11) is 0. The fourth-order valence-corrected chi connectivity index (χ4v) is 2.85. The summed E-state index contributed by atoms with van der Waals surface area (Å²) < 4.78 is 40.2. The minimum absolute atomic E-state index is 0.0614. The van der Waals surface area contributed by atoms with Crippen LogP contribution in [0.25, 0.3) is 21.6 Å². The van der Waals surface area contributed by atoms with Gasteiger partial charge >= 0.3 is 0 Å². The Morgan fingerprint density at radius 3 is 2.62 bits per heavy atom. The zero-order valence-corrected chi connectivity index (χ0v) is 11.6. The van der Waals surface area contributed by atoms with E-state index in [1.54, 1.807) is 0 Å². The van der Waals surface area contributed by atoms with Crippen LogP contribution in [0, 0.1) is 24.4 Å². The predicted octanol–water partition coefficient (Wildman–Crippen LogP) is 3.37. The van der Waals surface area contributed by atoms with E-state index in [0.29, 0.717) is 16.0 Å². The monoisotopic (exact) mass is 310 g/mol. The van der Waals surface area contributed by atoms with Crippen molar-refractivity contribution in [1.29, 1.82) is 0 Å². The number of hydrogen-bond acceptors (Lipinski definition) is 5. The largest absolute Gasteiger partial charge is 0.308 e. The van der Waals surface area contributed by atoms with Crippen LogP contribution < -0.4 is 11.3 Å². The molecule has 0 saturated heterocycles. The van der Waals surface area contributed by atoms with Crippen LogP contribution in [-0.4, -0.2) is 9.97 Å². The number of anilines is 1. The molecule has 3 rings (SSSR count). The summed E-state index contributed by atoms with van der Waals surface area (Å²) in [6.45, 7) is 1.88. The van der Waals surface area contributed by atoms with Gasteiger partial charge in [-0.15, -0.1) is 11.3 Å². The second-order valence-corrected chi connectivity index (χ2v) is 5.57. The highest BCUT2D eigenvalue weighted by atomic mass is 32.1. The van der Waals surface area contributed by atoms with Crippen LogP contribution in [0.15, 0.2) is 18.2 Å². The number of nitrogen functional groups attached to an aromatic ring is 1. The maximum atomic E-state index is 13.8. The lowest BCUT2D eigenvalue weighted by Gasteiger charge is -2.07. The molecule has 0 fully saturated rings. The summed E-state index contributed by atoms with van der Waals surface area (Å²) in [5.74, 6) is 1.49. The second-order valence-electron chi connectivity index (χ2n) is 4.34. The minimum atomic E-state index is -1.55. The van der Waals surface area contributed by atoms with Crippen molar-refractivity contribution >= 4 is 27.4 Å². The number of halogens is 3. The Morgan fingerprint density at radius 2 is 1.90 bits per heavy atom. The Bertz CT molecular complexity index is 847. The van der Waals surface area contributed by atoms with Crippen LogP contribution in [0.2, 0.25) is 0 Å². The molecule has 0 radical (unpaired) electrons. The van der Waals surface area contributed by atoms with Gasteiger partial charge in [0, 0.05) is 4.88 Å². The number of hydrogen-bond donors (Lipinski definition) is 2. The van der Waals surface area contributed by atoms with Crippen molar-refractivity contribution in [2.45, 2.75) is 6.92 Å². The number of nitrogens with one attached hydrogen (secondary N) is 1. The fourth-order valence-electron chi connectivity index (χ4n) is 1.97. The average molecular weight is 310 g/mol. The molecular formula is C13H9F3N4S. The van der Waals surface area contributed by atoms with E-state index in [2.05, 4.69) is 15.4 Å². The molecule has 0 spiro atoms. The zero-order valence-electron chi connectivity index (χ0n) is 10.7. The van der Waals surface area contributed by atoms with Crippen molar-refractivity contribution in [3.8, 4) is 11.4 Å². The first-order chi connectivity index (χ1) is 10.0. The summed E-state index contributed by atoms with van der Waals surface area (Å²) in [6.07, 6.45) is 0. The lowest BCUT2D eigenvalue weighted by atomic mass is 10.2. The van der Waals surface area contributed by atoms with Gasteiger partial charge in [0.2, 0.25) is 0 Å². The molecule has 3 aromatic rings. The maximum Gasteiger partial charge on any atom is 0.195 e. The average Bonchev–Trinajstić information content (AvgIpc) is 2.84. The molecule has 108 valence electrons. The highest BCUT2D eigenvalue weighted by Crippen LogP contribution is 2.32. The van der Waals surface area contributed by atoms with Crippen LogP contribution >= 0.6 is 11.3 Å². The van der Waals surface area contributed by atoms with Crippen molar-refractivity contribution in [3.63, 3.8) is 0 Å². The molecule has 0 amide bonds. The molecular weight excluding hydrogens is 301 g/mol. The Hall–Kier alpha value is -2.19. The van der Waals surface area contributed by atoms with Crippen LogP contribution in [0.4, 0.5) is 19.0 Å². The van der Waals surface area contributed by atoms with Crippen molar-refractivity contribution < 1.29 is 13.2 Å². The first-order valence-corrected chi connectivity index (χ1v) is 6.71. The third-order valence-corrected chi connectivity index (χ3v) is 3.87. The Balaban J connectivity index is 2.28. The normalized spacial score (nSPS) is 11.1. The number of fused-ring (bicyclic) bond motifs is 1. The molecule has 2 heterocycles. The van der Waals surface area contributed by atoms with Gasteiger partial charge in [-0.1, -0.05) is 0 Å². The van der Waals surface area contributed by atoms with Crippen molar-refractivity contribution in [1.82, 2.24) is 9.97 Å². The third kappa shape index (κ3) is 2.22. The molecule has 0 bridgehead atoms. The van der Waals surface area contributed by atoms with Crippen LogP contribution in [0.3, 0.4) is 0 Å². The molecule has 0 aliphatic carbocycles. The highest BCUT2D eigenvalue weighted by Gasteiger charge is 2.18. The minimum Gasteiger partial charge on any atom is -0.308 e. The summed E-state index contributed by atoms with van der Waals surface area (Å²) in [6, 6.07) is 3.76. The van der Waals surface area contributed by atoms with E-state index in [9.17, 15) is 13.2 Å². The predicted molar refractivity (Wildman–Crippen MR) is 75.3 cm³/mol. The first kappa shape index (κ1) is 13.8. The number of nitrogens with two attached hydrogens (primary N) is 1. The summed E-state index contributed by atoms with van der Waals surface area (Å²) in [5, 5.41) is 0.687. The van der Waals surface area contributed by atoms with Crippen molar-refractivity contribution in [2.75, 3.05) is 5.43 Å². The van der Waals surface area contributed by atoms with Gasteiger partial charge in [0.1, 0.15) is 4.83 Å². The van der Waals surface area contributed by atoms with E-state index in [4.69, 9.17) is 5.84 Å². The van der Waals surface area contributed by atoms with Crippen LogP contribution in [-0.2, 0) is 0 Å². The van der Waals surface area contributed by atoms with Gasteiger partial charge in [0.05, 0.1) is 10.9 Å². The number of hydrazine groups is 1. The number of nitrogens with zero attached hydrogens (tertiary/aromatic N) is 2. The van der Waals surface area contributed by atoms with E-state index in [-0.39, 0.29) is 11.4 Å². The van der Waals surface area contributed by atoms with E-state index < -0.39 is 17.5 Å². The number of thiophene rings is 1. The molecule has 2 aromatic heterocycles. The van der Waals surface area contributed by atoms with Gasteiger partial charge in [-0.2, -0.15) is 0 Å². The molecule has 8 heteroatoms. The molecule has 21 heavy (non-hydrogen) atoms. The lowest BCUT2D eigenvalue weighted by Crippen LogP contribution is -2.10. The number of aryl methyl sites for hydroxylation is 1. The fraction of sp³-hybridized carbons (Fsp3) is 0.0769. The molecule has 0 aliphatic rings. The zero-order chi connectivity index (χ0) is 15.1. The SMILES string of the molecule is Cc1cc2c(NN)nc(-c3ccc(F)c(F)c3F)nc2s1. The lowest BCUT2D eigenvalue weighted by molar-refractivity contribution is 0.448. The smallest absolute Gasteiger partial charge is 0.195 e. The van der Waals surface area contributed by atoms with Crippen LogP contribution in [0.5, 0.6) is 0 Å². The van der Waals surface area contributed by atoms with Gasteiger partial charge in [-0.25, -0.2) is 29.0 Å². The highest BCUT2D eigenvalue weighted by molar-refractivity contribution is 7.18. The molecule has 4 nitrogen and oxygen atoms in total. The molecule has 0 aliphatic heterocycles. The summed E-state index contributed by atoms with van der Waals surface area (Å²) in [5.41, 5.74) is 2.18. The van der Waals surface area contributed by atoms with Crippen molar-refractivity contribution in [3.05, 3.63) is 40.5 Å². The Morgan fingerprint density at radius 1 is 1.14 bits per heavy atom. The standard InChI is InChI=1S/C13H9F3N4S/c1-5-4-7-12(20-17)18-11(19-13(7)21-5)6-2-3-8(14)10(16)9(6)15/h2-4H,17H2,1H3,(H,18,19,20). The Kier molecular flexibility index (Phi) is 3.26. The van der Waals surface area contributed by atoms with Gasteiger partial charge in [-0.05, 0) is 25.1 Å². The summed E-state index contributed by atoms with van der Waals surface area (Å²) >= 11 is 1.37.